The summed E-state index contributed by atoms with van der Waals surface area (Å²) < 4.78 is 12.1. The van der Waals surface area contributed by atoms with E-state index in [1.165, 1.54) is 0 Å². The first-order valence-electron chi connectivity index (χ1n) is 11.6. The molecule has 0 saturated heterocycles. The zero-order chi connectivity index (χ0) is 25.2. The van der Waals surface area contributed by atoms with Gasteiger partial charge in [-0.1, -0.05) is 84.9 Å². The molecule has 6 heteroatoms. The van der Waals surface area contributed by atoms with Gasteiger partial charge in [-0.3, -0.25) is 4.79 Å². The first-order chi connectivity index (χ1) is 17.6. The predicted molar refractivity (Wildman–Crippen MR) is 137 cm³/mol. The van der Waals surface area contributed by atoms with Crippen molar-refractivity contribution in [3.05, 3.63) is 131 Å². The van der Waals surface area contributed by atoms with Gasteiger partial charge in [-0.25, -0.2) is 4.79 Å². The molecule has 1 amide bonds. The van der Waals surface area contributed by atoms with Crippen LogP contribution < -0.4 is 14.8 Å². The standard InChI is InChI=1S/C30H27NO5/c32-29(25-14-8-3-9-15-25)31-26(30(33)34)18-24-16-17-27(35-20-22-10-4-1-5-11-22)28(19-24)36-21-23-12-6-2-7-13-23/h1-17,19,26H,18,20-21H2,(H,31,32)(H,33,34)/t26-/m0/s1. The van der Waals surface area contributed by atoms with Crippen LogP contribution in [0.3, 0.4) is 0 Å². The second-order valence-electron chi connectivity index (χ2n) is 8.26. The summed E-state index contributed by atoms with van der Waals surface area (Å²) in [4.78, 5) is 24.5. The average Bonchev–Trinajstić information content (AvgIpc) is 2.92. The Kier molecular flexibility index (Phi) is 8.33. The minimum atomic E-state index is -1.12. The van der Waals surface area contributed by atoms with E-state index in [2.05, 4.69) is 5.32 Å². The monoisotopic (exact) mass is 481 g/mol. The number of carbonyl (C=O) groups is 2. The van der Waals surface area contributed by atoms with E-state index < -0.39 is 17.9 Å². The fraction of sp³-hybridized carbons (Fsp3) is 0.133. The highest BCUT2D eigenvalue weighted by atomic mass is 16.5. The lowest BCUT2D eigenvalue weighted by Crippen LogP contribution is -2.42. The van der Waals surface area contributed by atoms with E-state index in [9.17, 15) is 14.7 Å². The normalized spacial score (nSPS) is 11.3. The summed E-state index contributed by atoms with van der Waals surface area (Å²) in [5.74, 6) is -0.494. The lowest BCUT2D eigenvalue weighted by Gasteiger charge is -2.17. The van der Waals surface area contributed by atoms with Crippen LogP contribution in [-0.4, -0.2) is 23.0 Å². The summed E-state index contributed by atoms with van der Waals surface area (Å²) in [5.41, 5.74) is 3.12. The number of amides is 1. The van der Waals surface area contributed by atoms with Gasteiger partial charge in [0.25, 0.3) is 5.91 Å². The van der Waals surface area contributed by atoms with Crippen LogP contribution in [0, 0.1) is 0 Å². The number of ether oxygens (including phenoxy) is 2. The average molecular weight is 482 g/mol. The number of aliphatic carboxylic acids is 1. The fourth-order valence-corrected chi connectivity index (χ4v) is 3.65. The first-order valence-corrected chi connectivity index (χ1v) is 11.6. The number of nitrogens with one attached hydrogen (secondary N) is 1. The number of hydrogen-bond donors (Lipinski definition) is 2. The van der Waals surface area contributed by atoms with Crippen LogP contribution in [0.2, 0.25) is 0 Å². The Morgan fingerprint density at radius 1 is 0.667 bits per heavy atom. The van der Waals surface area contributed by atoms with Gasteiger partial charge in [-0.2, -0.15) is 0 Å². The van der Waals surface area contributed by atoms with Crippen molar-refractivity contribution >= 4 is 11.9 Å². The van der Waals surface area contributed by atoms with Gasteiger partial charge in [0.1, 0.15) is 19.3 Å². The number of benzene rings is 4. The Labute approximate surface area is 210 Å². The molecule has 0 fully saturated rings. The van der Waals surface area contributed by atoms with Crippen molar-refractivity contribution in [3.8, 4) is 11.5 Å². The van der Waals surface area contributed by atoms with Crippen LogP contribution in [0.5, 0.6) is 11.5 Å². The molecule has 0 aliphatic rings. The van der Waals surface area contributed by atoms with Crippen molar-refractivity contribution in [3.63, 3.8) is 0 Å². The smallest absolute Gasteiger partial charge is 0.326 e. The summed E-state index contributed by atoms with van der Waals surface area (Å²) in [6, 6.07) is 32.3. The van der Waals surface area contributed by atoms with Gasteiger partial charge in [-0.05, 0) is 41.0 Å². The van der Waals surface area contributed by atoms with Gasteiger partial charge in [0.2, 0.25) is 0 Å². The highest BCUT2D eigenvalue weighted by molar-refractivity contribution is 5.96. The SMILES string of the molecule is O=C(N[C@@H](Cc1ccc(OCc2ccccc2)c(OCc2ccccc2)c1)C(=O)O)c1ccccc1. The summed E-state index contributed by atoms with van der Waals surface area (Å²) in [7, 11) is 0. The molecule has 0 aliphatic carbocycles. The second kappa shape index (κ2) is 12.2. The van der Waals surface area contributed by atoms with Gasteiger partial charge in [0, 0.05) is 12.0 Å². The molecule has 4 aromatic rings. The highest BCUT2D eigenvalue weighted by Crippen LogP contribution is 2.30. The van der Waals surface area contributed by atoms with E-state index in [1.54, 1.807) is 48.5 Å². The van der Waals surface area contributed by atoms with Crippen LogP contribution in [0.15, 0.2) is 109 Å². The molecule has 0 unspecified atom stereocenters. The molecule has 36 heavy (non-hydrogen) atoms. The lowest BCUT2D eigenvalue weighted by molar-refractivity contribution is -0.139. The Balaban J connectivity index is 1.51. The van der Waals surface area contributed by atoms with Crippen LogP contribution in [-0.2, 0) is 24.4 Å². The van der Waals surface area contributed by atoms with Gasteiger partial charge >= 0.3 is 5.97 Å². The molecule has 2 N–H and O–H groups in total. The van der Waals surface area contributed by atoms with Crippen LogP contribution in [0.4, 0.5) is 0 Å². The lowest BCUT2D eigenvalue weighted by atomic mass is 10.0. The molecule has 4 rings (SSSR count). The van der Waals surface area contributed by atoms with Crippen LogP contribution >= 0.6 is 0 Å². The van der Waals surface area contributed by atoms with E-state index in [4.69, 9.17) is 9.47 Å². The molecular weight excluding hydrogens is 454 g/mol. The molecule has 4 aromatic carbocycles. The van der Waals surface area contributed by atoms with E-state index in [0.717, 1.165) is 11.1 Å². The summed E-state index contributed by atoms with van der Waals surface area (Å²) in [6.45, 7) is 0.700. The summed E-state index contributed by atoms with van der Waals surface area (Å²) in [6.07, 6.45) is 0.0918. The number of carbonyl (C=O) groups excluding carboxylic acids is 1. The van der Waals surface area contributed by atoms with Gasteiger partial charge < -0.3 is 19.9 Å². The quantitative estimate of drug-likeness (QED) is 0.305. The number of carboxylic acid groups (broad SMARTS) is 1. The zero-order valence-electron chi connectivity index (χ0n) is 19.7. The Morgan fingerprint density at radius 2 is 1.19 bits per heavy atom. The van der Waals surface area contributed by atoms with Crippen molar-refractivity contribution < 1.29 is 24.2 Å². The Bertz CT molecular complexity index is 1280. The molecule has 1 atom stereocenters. The number of rotatable bonds is 11. The number of carboxylic acids is 1. The largest absolute Gasteiger partial charge is 0.485 e. The van der Waals surface area contributed by atoms with Crippen molar-refractivity contribution in [1.82, 2.24) is 5.32 Å². The van der Waals surface area contributed by atoms with Crippen molar-refractivity contribution in [2.75, 3.05) is 0 Å². The van der Waals surface area contributed by atoms with Gasteiger partial charge in [-0.15, -0.1) is 0 Å². The number of hydrogen-bond acceptors (Lipinski definition) is 4. The maximum Gasteiger partial charge on any atom is 0.326 e. The van der Waals surface area contributed by atoms with E-state index in [1.807, 2.05) is 60.7 Å². The Morgan fingerprint density at radius 3 is 1.75 bits per heavy atom. The van der Waals surface area contributed by atoms with E-state index in [0.29, 0.717) is 35.8 Å². The molecule has 0 saturated carbocycles. The molecule has 0 spiro atoms. The Hall–Kier alpha value is -4.58. The fourth-order valence-electron chi connectivity index (χ4n) is 3.65. The van der Waals surface area contributed by atoms with Crippen molar-refractivity contribution in [2.24, 2.45) is 0 Å². The maximum atomic E-state index is 12.5. The van der Waals surface area contributed by atoms with Crippen molar-refractivity contribution in [2.45, 2.75) is 25.7 Å². The zero-order valence-corrected chi connectivity index (χ0v) is 19.7. The second-order valence-corrected chi connectivity index (χ2v) is 8.26. The van der Waals surface area contributed by atoms with Gasteiger partial charge in [0.05, 0.1) is 0 Å². The third kappa shape index (κ3) is 6.96. The topological polar surface area (TPSA) is 84.9 Å². The van der Waals surface area contributed by atoms with Crippen molar-refractivity contribution in [1.29, 1.82) is 0 Å². The summed E-state index contributed by atoms with van der Waals surface area (Å²) >= 11 is 0. The van der Waals surface area contributed by atoms with Crippen LogP contribution in [0.25, 0.3) is 0 Å². The predicted octanol–water partition coefficient (Wildman–Crippen LogP) is 5.27. The highest BCUT2D eigenvalue weighted by Gasteiger charge is 2.22. The maximum absolute atomic E-state index is 12.5. The van der Waals surface area contributed by atoms with E-state index in [-0.39, 0.29) is 6.42 Å². The minimum absolute atomic E-state index is 0.0918. The third-order valence-electron chi connectivity index (χ3n) is 5.56. The molecule has 0 aliphatic heterocycles. The summed E-state index contributed by atoms with van der Waals surface area (Å²) in [5, 5.41) is 12.4. The molecule has 182 valence electrons. The van der Waals surface area contributed by atoms with E-state index >= 15 is 0 Å². The van der Waals surface area contributed by atoms with Crippen LogP contribution in [0.1, 0.15) is 27.0 Å². The molecule has 0 radical (unpaired) electrons. The third-order valence-corrected chi connectivity index (χ3v) is 5.56. The minimum Gasteiger partial charge on any atom is -0.485 e. The molecule has 0 heterocycles. The molecular formula is C30H27NO5. The molecule has 6 nitrogen and oxygen atoms in total. The first kappa shape index (κ1) is 24.5. The van der Waals surface area contributed by atoms with Gasteiger partial charge in [0.15, 0.2) is 11.5 Å². The molecule has 0 bridgehead atoms. The molecule has 0 aromatic heterocycles.